The van der Waals surface area contributed by atoms with Gasteiger partial charge in [0.05, 0.1) is 0 Å². The van der Waals surface area contributed by atoms with Crippen molar-refractivity contribution in [1.29, 1.82) is 0 Å². The van der Waals surface area contributed by atoms with Gasteiger partial charge in [0.15, 0.2) is 0 Å². The van der Waals surface area contributed by atoms with E-state index in [9.17, 15) is 4.79 Å². The number of amides is 1. The van der Waals surface area contributed by atoms with E-state index in [1.807, 2.05) is 0 Å². The van der Waals surface area contributed by atoms with Crippen molar-refractivity contribution in [2.75, 3.05) is 11.9 Å². The Bertz CT molecular complexity index is 138. The van der Waals surface area contributed by atoms with Crippen LogP contribution in [0.3, 0.4) is 0 Å². The first-order valence-corrected chi connectivity index (χ1v) is 5.27. The maximum atomic E-state index is 10.9. The van der Waals surface area contributed by atoms with E-state index in [1.165, 1.54) is 6.42 Å². The van der Waals surface area contributed by atoms with Crippen molar-refractivity contribution in [3.05, 3.63) is 0 Å². The summed E-state index contributed by atoms with van der Waals surface area (Å²) in [5.74, 6) is 0.968. The van der Waals surface area contributed by atoms with Crippen LogP contribution in [-0.4, -0.2) is 17.8 Å². The molecule has 0 aliphatic carbocycles. The van der Waals surface area contributed by atoms with E-state index in [4.69, 9.17) is 0 Å². The second kappa shape index (κ2) is 4.75. The monoisotopic (exact) mass is 219 g/mol. The number of alkyl halides is 1. The second-order valence-electron chi connectivity index (χ2n) is 3.02. The van der Waals surface area contributed by atoms with Gasteiger partial charge in [0.2, 0.25) is 5.91 Å². The Balaban J connectivity index is 2.28. The van der Waals surface area contributed by atoms with Crippen LogP contribution in [0.15, 0.2) is 0 Å². The molecule has 2 nitrogen and oxygen atoms in total. The molecule has 0 aromatic rings. The van der Waals surface area contributed by atoms with E-state index in [0.717, 1.165) is 37.1 Å². The molecule has 64 valence electrons. The Morgan fingerprint density at radius 2 is 2.36 bits per heavy atom. The van der Waals surface area contributed by atoms with Gasteiger partial charge in [-0.1, -0.05) is 15.9 Å². The number of nitrogens with one attached hydrogen (secondary N) is 1. The van der Waals surface area contributed by atoms with Crippen LogP contribution in [0.25, 0.3) is 0 Å². The Morgan fingerprint density at radius 1 is 1.55 bits per heavy atom. The minimum absolute atomic E-state index is 0.224. The lowest BCUT2D eigenvalue weighted by Crippen LogP contribution is -2.21. The Kier molecular flexibility index (Phi) is 3.91. The minimum Gasteiger partial charge on any atom is -0.356 e. The van der Waals surface area contributed by atoms with E-state index in [-0.39, 0.29) is 5.91 Å². The van der Waals surface area contributed by atoms with Crippen LogP contribution in [0, 0.1) is 5.92 Å². The van der Waals surface area contributed by atoms with Gasteiger partial charge in [-0.25, -0.2) is 0 Å². The molecule has 0 radical (unpaired) electrons. The first-order valence-electron chi connectivity index (χ1n) is 4.15. The van der Waals surface area contributed by atoms with Crippen LogP contribution in [0.2, 0.25) is 0 Å². The number of hydrogen-bond donors (Lipinski definition) is 1. The lowest BCUT2D eigenvalue weighted by Gasteiger charge is -2.09. The lowest BCUT2D eigenvalue weighted by atomic mass is 9.98. The van der Waals surface area contributed by atoms with Crippen molar-refractivity contribution in [2.24, 2.45) is 5.92 Å². The minimum atomic E-state index is 0.224. The molecule has 1 unspecified atom stereocenters. The first-order chi connectivity index (χ1) is 5.33. The van der Waals surface area contributed by atoms with Crippen molar-refractivity contribution >= 4 is 21.8 Å². The molecule has 1 heterocycles. The molecule has 1 rings (SSSR count). The number of carbonyl (C=O) groups excluding carboxylic acids is 1. The summed E-state index contributed by atoms with van der Waals surface area (Å²) < 4.78 is 0. The quantitative estimate of drug-likeness (QED) is 0.705. The van der Waals surface area contributed by atoms with E-state index in [2.05, 4.69) is 21.2 Å². The highest BCUT2D eigenvalue weighted by molar-refractivity contribution is 9.09. The zero-order valence-electron chi connectivity index (χ0n) is 6.61. The van der Waals surface area contributed by atoms with Crippen molar-refractivity contribution in [1.82, 2.24) is 5.32 Å². The standard InChI is InChI=1S/C8H14BrNO/c9-5-3-7-1-2-8(11)10-6-4-7/h7H,1-6H2,(H,10,11). The zero-order valence-corrected chi connectivity index (χ0v) is 8.19. The van der Waals surface area contributed by atoms with Crippen LogP contribution in [0.1, 0.15) is 25.7 Å². The van der Waals surface area contributed by atoms with Gasteiger partial charge in [-0.3, -0.25) is 4.79 Å². The van der Waals surface area contributed by atoms with Crippen LogP contribution >= 0.6 is 15.9 Å². The first kappa shape index (κ1) is 9.04. The molecule has 0 bridgehead atoms. The Morgan fingerprint density at radius 3 is 3.09 bits per heavy atom. The average Bonchev–Trinajstić information content (AvgIpc) is 2.17. The van der Waals surface area contributed by atoms with Gasteiger partial charge < -0.3 is 5.32 Å². The summed E-state index contributed by atoms with van der Waals surface area (Å²) >= 11 is 3.42. The molecule has 1 aliphatic heterocycles. The van der Waals surface area contributed by atoms with Gasteiger partial charge in [0, 0.05) is 18.3 Å². The lowest BCUT2D eigenvalue weighted by molar-refractivity contribution is -0.120. The summed E-state index contributed by atoms with van der Waals surface area (Å²) in [6, 6.07) is 0. The molecule has 3 heteroatoms. The molecule has 1 atom stereocenters. The third kappa shape index (κ3) is 3.23. The zero-order chi connectivity index (χ0) is 8.10. The maximum absolute atomic E-state index is 10.9. The molecule has 1 fully saturated rings. The summed E-state index contributed by atoms with van der Waals surface area (Å²) in [6.07, 6.45) is 4.14. The summed E-state index contributed by atoms with van der Waals surface area (Å²) in [4.78, 5) is 10.9. The number of hydrogen-bond acceptors (Lipinski definition) is 1. The third-order valence-corrected chi connectivity index (χ3v) is 2.63. The second-order valence-corrected chi connectivity index (χ2v) is 3.81. The highest BCUT2D eigenvalue weighted by Gasteiger charge is 2.14. The maximum Gasteiger partial charge on any atom is 0.220 e. The van der Waals surface area contributed by atoms with Gasteiger partial charge in [0.1, 0.15) is 0 Å². The van der Waals surface area contributed by atoms with Gasteiger partial charge in [-0.2, -0.15) is 0 Å². The van der Waals surface area contributed by atoms with E-state index in [1.54, 1.807) is 0 Å². The van der Waals surface area contributed by atoms with Gasteiger partial charge in [0.25, 0.3) is 0 Å². The van der Waals surface area contributed by atoms with Crippen LogP contribution in [0.5, 0.6) is 0 Å². The predicted molar refractivity (Wildman–Crippen MR) is 48.8 cm³/mol. The van der Waals surface area contributed by atoms with Crippen LogP contribution < -0.4 is 5.32 Å². The fraction of sp³-hybridized carbons (Fsp3) is 0.875. The molecule has 11 heavy (non-hydrogen) atoms. The Hall–Kier alpha value is -0.0500. The molecule has 0 saturated carbocycles. The molecule has 0 aromatic carbocycles. The molecule has 1 saturated heterocycles. The topological polar surface area (TPSA) is 29.1 Å². The molecule has 0 spiro atoms. The van der Waals surface area contributed by atoms with E-state index >= 15 is 0 Å². The van der Waals surface area contributed by atoms with Crippen molar-refractivity contribution in [2.45, 2.75) is 25.7 Å². The average molecular weight is 220 g/mol. The van der Waals surface area contributed by atoms with Gasteiger partial charge >= 0.3 is 0 Å². The summed E-state index contributed by atoms with van der Waals surface area (Å²) in [6.45, 7) is 0.872. The van der Waals surface area contributed by atoms with Crippen molar-refractivity contribution in [3.8, 4) is 0 Å². The molecule has 1 aliphatic rings. The molecular weight excluding hydrogens is 206 g/mol. The normalized spacial score (nSPS) is 25.9. The molecule has 1 N–H and O–H groups in total. The van der Waals surface area contributed by atoms with Gasteiger partial charge in [-0.05, 0) is 25.2 Å². The smallest absolute Gasteiger partial charge is 0.220 e. The van der Waals surface area contributed by atoms with Crippen molar-refractivity contribution in [3.63, 3.8) is 0 Å². The van der Waals surface area contributed by atoms with Crippen LogP contribution in [0.4, 0.5) is 0 Å². The van der Waals surface area contributed by atoms with Gasteiger partial charge in [-0.15, -0.1) is 0 Å². The Labute approximate surface area is 75.9 Å². The predicted octanol–water partition coefficient (Wildman–Crippen LogP) is 1.69. The summed E-state index contributed by atoms with van der Waals surface area (Å²) in [5.41, 5.74) is 0. The fourth-order valence-electron chi connectivity index (χ4n) is 1.43. The number of halogens is 1. The number of carbonyl (C=O) groups is 1. The third-order valence-electron chi connectivity index (χ3n) is 2.17. The molecule has 0 aromatic heterocycles. The van der Waals surface area contributed by atoms with Crippen LogP contribution in [-0.2, 0) is 4.79 Å². The summed E-state index contributed by atoms with van der Waals surface area (Å²) in [7, 11) is 0. The van der Waals surface area contributed by atoms with E-state index in [0.29, 0.717) is 0 Å². The largest absolute Gasteiger partial charge is 0.356 e. The van der Waals surface area contributed by atoms with E-state index < -0.39 is 0 Å². The number of rotatable bonds is 2. The highest BCUT2D eigenvalue weighted by atomic mass is 79.9. The fourth-order valence-corrected chi connectivity index (χ4v) is 2.07. The van der Waals surface area contributed by atoms with Crippen molar-refractivity contribution < 1.29 is 4.79 Å². The summed E-state index contributed by atoms with van der Waals surface area (Å²) in [5, 5.41) is 3.94. The SMILES string of the molecule is O=C1CCC(CCBr)CCN1. The molecule has 1 amide bonds. The highest BCUT2D eigenvalue weighted by Crippen LogP contribution is 2.18. The molecular formula is C8H14BrNO.